The number of hydrogen-bond acceptors (Lipinski definition) is 4. The number of urea groups is 1. The van der Waals surface area contributed by atoms with Crippen molar-refractivity contribution in [1.29, 1.82) is 0 Å². The van der Waals surface area contributed by atoms with Crippen molar-refractivity contribution in [3.63, 3.8) is 0 Å². The Morgan fingerprint density at radius 2 is 1.72 bits per heavy atom. The molecule has 2 amide bonds. The molecule has 0 radical (unpaired) electrons. The first-order valence-electron chi connectivity index (χ1n) is 10.3. The van der Waals surface area contributed by atoms with E-state index in [1.54, 1.807) is 4.90 Å². The maximum atomic E-state index is 12.7. The fourth-order valence-electron chi connectivity index (χ4n) is 4.21. The van der Waals surface area contributed by atoms with Gasteiger partial charge >= 0.3 is 11.5 Å². The number of fused-ring (bicyclic) bond motifs is 1. The quantitative estimate of drug-likeness (QED) is 0.695. The maximum Gasteiger partial charge on any atom is 0.501 e. The van der Waals surface area contributed by atoms with Crippen LogP contribution in [0.1, 0.15) is 30.4 Å². The molecule has 1 fully saturated rings. The number of anilines is 1. The number of aryl methyl sites for hydroxylation is 2. The minimum Gasteiger partial charge on any atom is -0.487 e. The van der Waals surface area contributed by atoms with Crippen LogP contribution in [0.15, 0.2) is 47.4 Å². The van der Waals surface area contributed by atoms with Crippen LogP contribution in [0.2, 0.25) is 0 Å². The lowest BCUT2D eigenvalue weighted by Gasteiger charge is -2.45. The monoisotopic (exact) mass is 468 g/mol. The highest BCUT2D eigenvalue weighted by atomic mass is 32.2. The molecule has 10 heteroatoms. The molecule has 1 N–H and O–H groups in total. The van der Waals surface area contributed by atoms with Crippen LogP contribution in [0.3, 0.4) is 0 Å². The predicted octanol–water partition coefficient (Wildman–Crippen LogP) is 4.68. The second-order valence-corrected chi connectivity index (χ2v) is 10.2. The van der Waals surface area contributed by atoms with E-state index in [0.717, 1.165) is 48.4 Å². The van der Waals surface area contributed by atoms with Gasteiger partial charge in [0, 0.05) is 31.6 Å². The molecule has 0 aromatic heterocycles. The van der Waals surface area contributed by atoms with Gasteiger partial charge in [-0.2, -0.15) is 13.2 Å². The number of halogens is 3. The Hall–Kier alpha value is -2.75. The Morgan fingerprint density at radius 3 is 2.34 bits per heavy atom. The summed E-state index contributed by atoms with van der Waals surface area (Å²) in [5, 5.41) is 2.62. The highest BCUT2D eigenvalue weighted by molar-refractivity contribution is 7.92. The van der Waals surface area contributed by atoms with Gasteiger partial charge in [-0.1, -0.05) is 18.2 Å². The number of nitrogens with one attached hydrogen (secondary N) is 1. The van der Waals surface area contributed by atoms with E-state index < -0.39 is 26.3 Å². The number of likely N-dealkylation sites (tertiary alicyclic amines) is 1. The summed E-state index contributed by atoms with van der Waals surface area (Å²) in [5.74, 6) is 0.936. The summed E-state index contributed by atoms with van der Waals surface area (Å²) in [4.78, 5) is 13.4. The van der Waals surface area contributed by atoms with Crippen molar-refractivity contribution >= 4 is 21.6 Å². The Bertz CT molecular complexity index is 1120. The molecule has 2 heterocycles. The summed E-state index contributed by atoms with van der Waals surface area (Å²) in [6.45, 7) is 2.98. The zero-order valence-corrected chi connectivity index (χ0v) is 18.2. The molecule has 0 aliphatic carbocycles. The van der Waals surface area contributed by atoms with Gasteiger partial charge < -0.3 is 15.0 Å². The van der Waals surface area contributed by atoms with Gasteiger partial charge in [-0.3, -0.25) is 0 Å². The number of amides is 2. The first-order valence-corrected chi connectivity index (χ1v) is 11.7. The van der Waals surface area contributed by atoms with Crippen LogP contribution in [0.25, 0.3) is 0 Å². The van der Waals surface area contributed by atoms with Crippen LogP contribution in [0, 0.1) is 6.92 Å². The number of benzene rings is 2. The number of piperidine rings is 1. The van der Waals surface area contributed by atoms with Crippen molar-refractivity contribution in [2.45, 2.75) is 48.6 Å². The van der Waals surface area contributed by atoms with E-state index in [1.165, 1.54) is 5.56 Å². The van der Waals surface area contributed by atoms with Crippen molar-refractivity contribution in [3.8, 4) is 5.75 Å². The molecular weight excluding hydrogens is 445 g/mol. The van der Waals surface area contributed by atoms with Gasteiger partial charge in [0.1, 0.15) is 11.4 Å². The number of para-hydroxylation sites is 1. The van der Waals surface area contributed by atoms with E-state index in [-0.39, 0.29) is 11.3 Å². The fourth-order valence-corrected chi connectivity index (χ4v) is 4.97. The third-order valence-corrected chi connectivity index (χ3v) is 7.65. The zero-order chi connectivity index (χ0) is 23.1. The highest BCUT2D eigenvalue weighted by Gasteiger charge is 2.46. The average Bonchev–Trinajstić information content (AvgIpc) is 2.74. The van der Waals surface area contributed by atoms with Crippen molar-refractivity contribution < 1.29 is 31.1 Å². The van der Waals surface area contributed by atoms with Crippen molar-refractivity contribution in [1.82, 2.24) is 4.90 Å². The number of rotatable bonds is 2. The highest BCUT2D eigenvalue weighted by Crippen LogP contribution is 2.41. The van der Waals surface area contributed by atoms with Gasteiger partial charge in [0.25, 0.3) is 9.84 Å². The van der Waals surface area contributed by atoms with E-state index in [0.29, 0.717) is 25.9 Å². The molecule has 2 aromatic carbocycles. The van der Waals surface area contributed by atoms with E-state index in [2.05, 4.69) is 11.4 Å². The molecule has 6 nitrogen and oxygen atoms in total. The van der Waals surface area contributed by atoms with Gasteiger partial charge in [-0.15, -0.1) is 0 Å². The fraction of sp³-hybridized carbons (Fsp3) is 0.409. The van der Waals surface area contributed by atoms with Gasteiger partial charge in [0.15, 0.2) is 0 Å². The molecule has 32 heavy (non-hydrogen) atoms. The Balaban J connectivity index is 1.37. The summed E-state index contributed by atoms with van der Waals surface area (Å²) in [6, 6.07) is 9.68. The molecule has 4 rings (SSSR count). The molecule has 2 aliphatic rings. The van der Waals surface area contributed by atoms with Gasteiger partial charge in [0.05, 0.1) is 4.90 Å². The van der Waals surface area contributed by atoms with E-state index in [4.69, 9.17) is 4.74 Å². The summed E-state index contributed by atoms with van der Waals surface area (Å²) < 4.78 is 67.3. The van der Waals surface area contributed by atoms with E-state index in [1.807, 2.05) is 19.1 Å². The Labute approximate surface area is 184 Å². The number of hydrogen-bond donors (Lipinski definition) is 1. The van der Waals surface area contributed by atoms with Crippen molar-refractivity contribution in [2.75, 3.05) is 18.4 Å². The number of sulfone groups is 1. The topological polar surface area (TPSA) is 75.7 Å². The van der Waals surface area contributed by atoms with Gasteiger partial charge in [0.2, 0.25) is 0 Å². The first kappa shape index (κ1) is 22.4. The normalized spacial score (nSPS) is 18.1. The minimum absolute atomic E-state index is 0.217. The molecule has 1 saturated heterocycles. The van der Waals surface area contributed by atoms with Crippen molar-refractivity contribution in [2.24, 2.45) is 0 Å². The number of nitrogens with zero attached hydrogens (tertiary/aromatic N) is 1. The van der Waals surface area contributed by atoms with Crippen LogP contribution < -0.4 is 10.1 Å². The molecule has 2 aromatic rings. The lowest BCUT2D eigenvalue weighted by Crippen LogP contribution is -2.52. The second-order valence-electron chi connectivity index (χ2n) is 8.24. The third kappa shape index (κ3) is 4.15. The molecule has 0 bridgehead atoms. The average molecular weight is 468 g/mol. The van der Waals surface area contributed by atoms with Crippen molar-refractivity contribution in [3.05, 3.63) is 53.6 Å². The Kier molecular flexibility index (Phi) is 5.60. The molecular formula is C22H23F3N2O4S. The Morgan fingerprint density at radius 1 is 1.06 bits per heavy atom. The summed E-state index contributed by atoms with van der Waals surface area (Å²) in [5.41, 5.74) is -3.16. The molecule has 0 unspecified atom stereocenters. The number of alkyl halides is 3. The molecule has 0 atom stereocenters. The molecule has 0 saturated carbocycles. The smallest absolute Gasteiger partial charge is 0.487 e. The molecule has 2 aliphatic heterocycles. The maximum absolute atomic E-state index is 12.7. The first-order chi connectivity index (χ1) is 15.0. The van der Waals surface area contributed by atoms with Gasteiger partial charge in [-0.05, 0) is 55.2 Å². The standard InChI is InChI=1S/C22H23F3N2O4S/c1-15-3-2-4-16-9-10-21(31-19(15)16)11-13-27(14-12-21)20(28)26-17-5-7-18(8-6-17)32(29,30)22(23,24)25/h2-8H,9-14H2,1H3,(H,26,28). The van der Waals surface area contributed by atoms with Crippen LogP contribution in [-0.2, 0) is 16.3 Å². The summed E-state index contributed by atoms with van der Waals surface area (Å²) in [6.07, 6.45) is 3.17. The van der Waals surface area contributed by atoms with E-state index in [9.17, 15) is 26.4 Å². The van der Waals surface area contributed by atoms with Crippen LogP contribution in [-0.4, -0.2) is 43.5 Å². The predicted molar refractivity (Wildman–Crippen MR) is 112 cm³/mol. The number of carbonyl (C=O) groups is 1. The molecule has 172 valence electrons. The van der Waals surface area contributed by atoms with Crippen LogP contribution >= 0.6 is 0 Å². The lowest BCUT2D eigenvalue weighted by atomic mass is 9.82. The summed E-state index contributed by atoms with van der Waals surface area (Å²) >= 11 is 0. The minimum atomic E-state index is -5.42. The zero-order valence-electron chi connectivity index (χ0n) is 17.4. The second kappa shape index (κ2) is 7.99. The van der Waals surface area contributed by atoms with Crippen LogP contribution in [0.5, 0.6) is 5.75 Å². The summed E-state index contributed by atoms with van der Waals surface area (Å²) in [7, 11) is -5.42. The number of carbonyl (C=O) groups excluding carboxylic acids is 1. The third-order valence-electron chi connectivity index (χ3n) is 6.14. The number of ether oxygens (including phenoxy) is 1. The van der Waals surface area contributed by atoms with E-state index >= 15 is 0 Å². The van der Waals surface area contributed by atoms with Gasteiger partial charge in [-0.25, -0.2) is 13.2 Å². The molecule has 1 spiro atoms. The lowest BCUT2D eigenvalue weighted by molar-refractivity contribution is -0.0436. The largest absolute Gasteiger partial charge is 0.501 e. The SMILES string of the molecule is Cc1cccc2c1OC1(CC2)CCN(C(=O)Nc2ccc(S(=O)(=O)C(F)(F)F)cc2)CC1. The van der Waals surface area contributed by atoms with Crippen LogP contribution in [0.4, 0.5) is 23.7 Å².